The SMILES string of the molecule is O=C(NO)[C@@H]1C[C@@H](O)CN1C(=O)c1ccc(C#Cc2ccc(F)cc2)cc1. The van der Waals surface area contributed by atoms with E-state index in [9.17, 15) is 19.1 Å². The second kappa shape index (κ2) is 7.99. The molecular formula is C20H17FN2O4. The Morgan fingerprint density at radius 1 is 1.04 bits per heavy atom. The molecule has 1 aliphatic heterocycles. The molecule has 0 radical (unpaired) electrons. The highest BCUT2D eigenvalue weighted by molar-refractivity contribution is 5.98. The van der Waals surface area contributed by atoms with Gasteiger partial charge in [-0.2, -0.15) is 0 Å². The molecule has 1 heterocycles. The maximum atomic E-state index is 12.9. The van der Waals surface area contributed by atoms with Gasteiger partial charge in [0.25, 0.3) is 11.8 Å². The highest BCUT2D eigenvalue weighted by Gasteiger charge is 2.39. The van der Waals surface area contributed by atoms with Crippen LogP contribution in [0.2, 0.25) is 0 Å². The first-order chi connectivity index (χ1) is 13.0. The normalized spacial score (nSPS) is 18.6. The Hall–Kier alpha value is -3.21. The Kier molecular flexibility index (Phi) is 5.50. The van der Waals surface area contributed by atoms with Crippen LogP contribution in [0.25, 0.3) is 0 Å². The molecule has 2 aromatic carbocycles. The van der Waals surface area contributed by atoms with Crippen LogP contribution in [0.5, 0.6) is 0 Å². The Morgan fingerprint density at radius 3 is 2.15 bits per heavy atom. The number of hydroxylamine groups is 1. The van der Waals surface area contributed by atoms with E-state index in [0.29, 0.717) is 16.7 Å². The molecule has 2 amide bonds. The number of β-amino-alcohol motifs (C(OH)–C–C–N with tert-alkyl or cyclic N) is 1. The molecule has 0 bridgehead atoms. The number of aliphatic hydroxyl groups excluding tert-OH is 1. The molecule has 27 heavy (non-hydrogen) atoms. The molecule has 3 rings (SSSR count). The molecule has 2 atom stereocenters. The summed E-state index contributed by atoms with van der Waals surface area (Å²) in [5.41, 5.74) is 3.20. The van der Waals surface area contributed by atoms with Crippen molar-refractivity contribution in [1.82, 2.24) is 10.4 Å². The molecule has 0 aromatic heterocycles. The summed E-state index contributed by atoms with van der Waals surface area (Å²) in [6, 6.07) is 11.4. The van der Waals surface area contributed by atoms with Gasteiger partial charge >= 0.3 is 0 Å². The minimum absolute atomic E-state index is 0.0169. The van der Waals surface area contributed by atoms with E-state index in [1.54, 1.807) is 36.4 Å². The second-order valence-electron chi connectivity index (χ2n) is 6.17. The topological polar surface area (TPSA) is 89.9 Å². The molecular weight excluding hydrogens is 351 g/mol. The third-order valence-electron chi connectivity index (χ3n) is 4.28. The van der Waals surface area contributed by atoms with Gasteiger partial charge < -0.3 is 10.0 Å². The Morgan fingerprint density at radius 2 is 1.59 bits per heavy atom. The Bertz CT molecular complexity index is 900. The number of benzene rings is 2. The van der Waals surface area contributed by atoms with E-state index >= 15 is 0 Å². The largest absolute Gasteiger partial charge is 0.391 e. The average Bonchev–Trinajstić information content (AvgIpc) is 3.08. The lowest BCUT2D eigenvalue weighted by atomic mass is 10.1. The van der Waals surface area contributed by atoms with E-state index in [0.717, 1.165) is 0 Å². The van der Waals surface area contributed by atoms with Crippen LogP contribution in [0.3, 0.4) is 0 Å². The fraction of sp³-hybridized carbons (Fsp3) is 0.200. The van der Waals surface area contributed by atoms with Gasteiger partial charge in [-0.15, -0.1) is 0 Å². The zero-order valence-corrected chi connectivity index (χ0v) is 14.2. The maximum absolute atomic E-state index is 12.9. The average molecular weight is 368 g/mol. The number of nitrogens with zero attached hydrogens (tertiary/aromatic N) is 1. The molecule has 0 aliphatic carbocycles. The van der Waals surface area contributed by atoms with Gasteiger partial charge in [0.15, 0.2) is 0 Å². The predicted octanol–water partition coefficient (Wildman–Crippen LogP) is 1.31. The first-order valence-corrected chi connectivity index (χ1v) is 8.28. The van der Waals surface area contributed by atoms with Gasteiger partial charge in [0.05, 0.1) is 6.10 Å². The fourth-order valence-electron chi connectivity index (χ4n) is 2.90. The molecule has 7 heteroatoms. The van der Waals surface area contributed by atoms with Gasteiger partial charge in [-0.1, -0.05) is 11.8 Å². The number of nitrogens with one attached hydrogen (secondary N) is 1. The van der Waals surface area contributed by atoms with E-state index in [-0.39, 0.29) is 18.8 Å². The van der Waals surface area contributed by atoms with Crippen molar-refractivity contribution in [2.75, 3.05) is 6.54 Å². The first kappa shape index (κ1) is 18.6. The first-order valence-electron chi connectivity index (χ1n) is 8.28. The van der Waals surface area contributed by atoms with Gasteiger partial charge in [-0.05, 0) is 48.5 Å². The maximum Gasteiger partial charge on any atom is 0.266 e. The van der Waals surface area contributed by atoms with Gasteiger partial charge in [0.2, 0.25) is 0 Å². The van der Waals surface area contributed by atoms with Crippen LogP contribution in [0.4, 0.5) is 4.39 Å². The van der Waals surface area contributed by atoms with Gasteiger partial charge in [0, 0.05) is 29.7 Å². The predicted molar refractivity (Wildman–Crippen MR) is 94.2 cm³/mol. The zero-order valence-electron chi connectivity index (χ0n) is 14.2. The van der Waals surface area contributed by atoms with Crippen LogP contribution < -0.4 is 5.48 Å². The fourth-order valence-corrected chi connectivity index (χ4v) is 2.90. The Labute approximate surface area is 155 Å². The van der Waals surface area contributed by atoms with E-state index in [1.165, 1.54) is 22.5 Å². The summed E-state index contributed by atoms with van der Waals surface area (Å²) in [6.45, 7) is 0.0169. The second-order valence-corrected chi connectivity index (χ2v) is 6.17. The summed E-state index contributed by atoms with van der Waals surface area (Å²) >= 11 is 0. The van der Waals surface area contributed by atoms with Crippen molar-refractivity contribution in [2.45, 2.75) is 18.6 Å². The summed E-state index contributed by atoms with van der Waals surface area (Å²) in [4.78, 5) is 25.6. The van der Waals surface area contributed by atoms with E-state index < -0.39 is 24.0 Å². The number of aliphatic hydroxyl groups is 1. The molecule has 6 nitrogen and oxygen atoms in total. The van der Waals surface area contributed by atoms with Crippen molar-refractivity contribution in [2.24, 2.45) is 0 Å². The van der Waals surface area contributed by atoms with Crippen LogP contribution in [0.15, 0.2) is 48.5 Å². The molecule has 0 spiro atoms. The van der Waals surface area contributed by atoms with Crippen molar-refractivity contribution >= 4 is 11.8 Å². The molecule has 0 saturated carbocycles. The van der Waals surface area contributed by atoms with Crippen molar-refractivity contribution in [1.29, 1.82) is 0 Å². The number of rotatable bonds is 2. The smallest absolute Gasteiger partial charge is 0.266 e. The van der Waals surface area contributed by atoms with Gasteiger partial charge in [0.1, 0.15) is 11.9 Å². The molecule has 3 N–H and O–H groups in total. The highest BCUT2D eigenvalue weighted by atomic mass is 19.1. The zero-order chi connectivity index (χ0) is 19.4. The molecule has 0 unspecified atom stereocenters. The summed E-state index contributed by atoms with van der Waals surface area (Å²) in [5.74, 6) is 4.34. The monoisotopic (exact) mass is 368 g/mol. The summed E-state index contributed by atoms with van der Waals surface area (Å²) in [5, 5.41) is 18.6. The third kappa shape index (κ3) is 4.31. The van der Waals surface area contributed by atoms with E-state index in [2.05, 4.69) is 11.8 Å². The molecule has 1 fully saturated rings. The number of carbonyl (C=O) groups is 2. The third-order valence-corrected chi connectivity index (χ3v) is 4.28. The summed E-state index contributed by atoms with van der Waals surface area (Å²) in [6.07, 6.45) is -0.753. The van der Waals surface area contributed by atoms with Crippen LogP contribution in [-0.2, 0) is 4.79 Å². The van der Waals surface area contributed by atoms with E-state index in [1.807, 2.05) is 0 Å². The van der Waals surface area contributed by atoms with Gasteiger partial charge in [-0.3, -0.25) is 14.8 Å². The van der Waals surface area contributed by atoms with Crippen LogP contribution in [-0.4, -0.2) is 45.7 Å². The quantitative estimate of drug-likeness (QED) is 0.424. The summed E-state index contributed by atoms with van der Waals surface area (Å²) < 4.78 is 12.9. The van der Waals surface area contributed by atoms with Crippen molar-refractivity contribution in [3.8, 4) is 11.8 Å². The van der Waals surface area contributed by atoms with Crippen LogP contribution in [0, 0.1) is 17.7 Å². The lowest BCUT2D eigenvalue weighted by molar-refractivity contribution is -0.133. The molecule has 1 aliphatic rings. The number of hydrogen-bond donors (Lipinski definition) is 3. The lowest BCUT2D eigenvalue weighted by Gasteiger charge is -2.22. The van der Waals surface area contributed by atoms with Gasteiger partial charge in [-0.25, -0.2) is 9.87 Å². The Balaban J connectivity index is 1.74. The molecule has 2 aromatic rings. The van der Waals surface area contributed by atoms with Crippen LogP contribution >= 0.6 is 0 Å². The van der Waals surface area contributed by atoms with Crippen molar-refractivity contribution in [3.63, 3.8) is 0 Å². The highest BCUT2D eigenvalue weighted by Crippen LogP contribution is 2.21. The van der Waals surface area contributed by atoms with Crippen molar-refractivity contribution < 1.29 is 24.3 Å². The van der Waals surface area contributed by atoms with E-state index in [4.69, 9.17) is 5.21 Å². The minimum Gasteiger partial charge on any atom is -0.391 e. The number of halogens is 1. The lowest BCUT2D eigenvalue weighted by Crippen LogP contribution is -2.45. The minimum atomic E-state index is -0.921. The van der Waals surface area contributed by atoms with Crippen LogP contribution in [0.1, 0.15) is 27.9 Å². The number of carbonyl (C=O) groups excluding carboxylic acids is 2. The van der Waals surface area contributed by atoms with Crippen molar-refractivity contribution in [3.05, 3.63) is 71.0 Å². The standard InChI is InChI=1S/C20H17FN2O4/c21-16-9-5-14(6-10-16)2-1-13-3-7-15(8-4-13)20(26)23-12-17(24)11-18(23)19(25)22-27/h3-10,17-18,24,27H,11-12H2,(H,22,25)/t17-,18+/m1/s1. The molecule has 1 saturated heterocycles. The number of amides is 2. The molecule has 138 valence electrons. The number of hydrogen-bond acceptors (Lipinski definition) is 4. The number of likely N-dealkylation sites (tertiary alicyclic amines) is 1. The summed E-state index contributed by atoms with van der Waals surface area (Å²) in [7, 11) is 0.